The lowest BCUT2D eigenvalue weighted by Crippen LogP contribution is -2.24. The molecule has 0 aliphatic rings. The molecule has 4 atom stereocenters. The van der Waals surface area contributed by atoms with Gasteiger partial charge in [-0.1, -0.05) is 171 Å². The normalized spacial score (nSPS) is 15.8. The standard InChI is InChI=1S/C33H68/c1-9-11-13-14-15-21-25-32(24-18-12-10-2)33(27-26-30(7)29(5)6)31(8)23-20-17-16-19-22-28(3)4/h28-33H,9-27H2,1-8H3. The van der Waals surface area contributed by atoms with Crippen molar-refractivity contribution < 1.29 is 0 Å². The van der Waals surface area contributed by atoms with Crippen LogP contribution in [-0.2, 0) is 0 Å². The molecular weight excluding hydrogens is 396 g/mol. The van der Waals surface area contributed by atoms with Crippen LogP contribution in [-0.4, -0.2) is 0 Å². The highest BCUT2D eigenvalue weighted by Crippen LogP contribution is 2.37. The third-order valence-electron chi connectivity index (χ3n) is 8.73. The van der Waals surface area contributed by atoms with Crippen LogP contribution in [0, 0.1) is 35.5 Å². The highest BCUT2D eigenvalue weighted by molar-refractivity contribution is 4.77. The molecule has 0 amide bonds. The maximum absolute atomic E-state index is 2.63. The van der Waals surface area contributed by atoms with E-state index in [9.17, 15) is 0 Å². The highest BCUT2D eigenvalue weighted by atomic mass is 14.3. The van der Waals surface area contributed by atoms with Gasteiger partial charge in [0.1, 0.15) is 0 Å². The van der Waals surface area contributed by atoms with Crippen molar-refractivity contribution in [3.8, 4) is 0 Å². The van der Waals surface area contributed by atoms with Crippen LogP contribution < -0.4 is 0 Å². The molecule has 0 aliphatic heterocycles. The largest absolute Gasteiger partial charge is 0.0654 e. The van der Waals surface area contributed by atoms with Gasteiger partial charge < -0.3 is 0 Å². The zero-order valence-corrected chi connectivity index (χ0v) is 24.9. The maximum Gasteiger partial charge on any atom is -0.0360 e. The zero-order valence-electron chi connectivity index (χ0n) is 24.9. The second-order valence-electron chi connectivity index (χ2n) is 12.6. The fourth-order valence-corrected chi connectivity index (χ4v) is 5.78. The predicted molar refractivity (Wildman–Crippen MR) is 154 cm³/mol. The van der Waals surface area contributed by atoms with Crippen LogP contribution >= 0.6 is 0 Å². The second-order valence-corrected chi connectivity index (χ2v) is 12.6. The van der Waals surface area contributed by atoms with E-state index in [1.165, 1.54) is 122 Å². The molecule has 0 rings (SSSR count). The van der Waals surface area contributed by atoms with Crippen LogP contribution in [0.1, 0.15) is 177 Å². The average Bonchev–Trinajstić information content (AvgIpc) is 2.77. The maximum atomic E-state index is 2.63. The topological polar surface area (TPSA) is 0 Å². The Kier molecular flexibility index (Phi) is 22.5. The minimum Gasteiger partial charge on any atom is -0.0654 e. The van der Waals surface area contributed by atoms with Crippen molar-refractivity contribution in [3.05, 3.63) is 0 Å². The zero-order chi connectivity index (χ0) is 24.9. The number of unbranched alkanes of at least 4 members (excludes halogenated alkanes) is 10. The first kappa shape index (κ1) is 33.0. The Bertz CT molecular complexity index is 381. The van der Waals surface area contributed by atoms with Crippen LogP contribution in [0.15, 0.2) is 0 Å². The summed E-state index contributed by atoms with van der Waals surface area (Å²) >= 11 is 0. The van der Waals surface area contributed by atoms with Crippen molar-refractivity contribution in [2.24, 2.45) is 35.5 Å². The van der Waals surface area contributed by atoms with E-state index in [1.807, 2.05) is 0 Å². The first-order valence-electron chi connectivity index (χ1n) is 15.8. The van der Waals surface area contributed by atoms with Crippen molar-refractivity contribution in [2.75, 3.05) is 0 Å². The number of hydrogen-bond acceptors (Lipinski definition) is 0. The lowest BCUT2D eigenvalue weighted by molar-refractivity contribution is 0.167. The minimum absolute atomic E-state index is 0.832. The molecule has 0 heteroatoms. The summed E-state index contributed by atoms with van der Waals surface area (Å²) in [5, 5.41) is 0. The van der Waals surface area contributed by atoms with Gasteiger partial charge in [0.2, 0.25) is 0 Å². The monoisotopic (exact) mass is 465 g/mol. The van der Waals surface area contributed by atoms with Crippen molar-refractivity contribution >= 4 is 0 Å². The molecule has 0 spiro atoms. The smallest absolute Gasteiger partial charge is 0.0360 e. The molecule has 0 bridgehead atoms. The van der Waals surface area contributed by atoms with Gasteiger partial charge in [0.25, 0.3) is 0 Å². The predicted octanol–water partition coefficient (Wildman–Crippen LogP) is 12.3. The number of hydrogen-bond donors (Lipinski definition) is 0. The van der Waals surface area contributed by atoms with Crippen LogP contribution in [0.4, 0.5) is 0 Å². The first-order valence-corrected chi connectivity index (χ1v) is 15.8. The van der Waals surface area contributed by atoms with Crippen LogP contribution in [0.25, 0.3) is 0 Å². The second kappa shape index (κ2) is 22.5. The van der Waals surface area contributed by atoms with Crippen molar-refractivity contribution in [3.63, 3.8) is 0 Å². The molecule has 0 radical (unpaired) electrons. The fourth-order valence-electron chi connectivity index (χ4n) is 5.78. The minimum atomic E-state index is 0.832. The summed E-state index contributed by atoms with van der Waals surface area (Å²) in [7, 11) is 0. The summed E-state index contributed by atoms with van der Waals surface area (Å²) in [5.41, 5.74) is 0. The van der Waals surface area contributed by atoms with E-state index in [0.29, 0.717) is 0 Å². The SMILES string of the molecule is CCCCCCCCC(CCCCC)C(CCC(C)C(C)C)C(C)CCCCCCC(C)C. The Hall–Kier alpha value is 0. The Morgan fingerprint density at radius 2 is 0.848 bits per heavy atom. The Morgan fingerprint density at radius 1 is 0.394 bits per heavy atom. The summed E-state index contributed by atoms with van der Waals surface area (Å²) in [6.45, 7) is 19.4. The third-order valence-corrected chi connectivity index (χ3v) is 8.73. The van der Waals surface area contributed by atoms with Gasteiger partial charge in [-0.05, 0) is 41.9 Å². The molecule has 0 nitrogen and oxygen atoms in total. The van der Waals surface area contributed by atoms with Gasteiger partial charge in [-0.3, -0.25) is 0 Å². The third kappa shape index (κ3) is 18.9. The molecule has 0 aliphatic carbocycles. The molecule has 4 unspecified atom stereocenters. The van der Waals surface area contributed by atoms with Crippen LogP contribution in [0.5, 0.6) is 0 Å². The Balaban J connectivity index is 4.89. The lowest BCUT2D eigenvalue weighted by Gasteiger charge is -2.34. The molecule has 0 aromatic carbocycles. The van der Waals surface area contributed by atoms with E-state index >= 15 is 0 Å². The van der Waals surface area contributed by atoms with Gasteiger partial charge in [-0.25, -0.2) is 0 Å². The van der Waals surface area contributed by atoms with Gasteiger partial charge in [0, 0.05) is 0 Å². The van der Waals surface area contributed by atoms with E-state index in [2.05, 4.69) is 55.4 Å². The molecule has 0 fully saturated rings. The van der Waals surface area contributed by atoms with Crippen molar-refractivity contribution in [1.82, 2.24) is 0 Å². The lowest BCUT2D eigenvalue weighted by atomic mass is 9.72. The van der Waals surface area contributed by atoms with Gasteiger partial charge in [0.05, 0.1) is 0 Å². The molecule has 0 aromatic heterocycles. The van der Waals surface area contributed by atoms with Gasteiger partial charge in [-0.15, -0.1) is 0 Å². The molecule has 0 aromatic rings. The van der Waals surface area contributed by atoms with E-state index in [-0.39, 0.29) is 0 Å². The van der Waals surface area contributed by atoms with Gasteiger partial charge >= 0.3 is 0 Å². The summed E-state index contributed by atoms with van der Waals surface area (Å²) < 4.78 is 0. The van der Waals surface area contributed by atoms with E-state index in [0.717, 1.165) is 35.5 Å². The van der Waals surface area contributed by atoms with E-state index < -0.39 is 0 Å². The molecule has 0 heterocycles. The summed E-state index contributed by atoms with van der Waals surface area (Å²) in [6, 6.07) is 0. The average molecular weight is 465 g/mol. The molecule has 200 valence electrons. The quantitative estimate of drug-likeness (QED) is 0.125. The van der Waals surface area contributed by atoms with E-state index in [4.69, 9.17) is 0 Å². The fraction of sp³-hybridized carbons (Fsp3) is 1.00. The van der Waals surface area contributed by atoms with Crippen molar-refractivity contribution in [2.45, 2.75) is 177 Å². The van der Waals surface area contributed by atoms with Gasteiger partial charge in [-0.2, -0.15) is 0 Å². The summed E-state index contributed by atoms with van der Waals surface area (Å²) in [4.78, 5) is 0. The molecule has 0 saturated carbocycles. The Labute approximate surface area is 212 Å². The molecule has 0 N–H and O–H groups in total. The molecular formula is C33H68. The Morgan fingerprint density at radius 3 is 1.39 bits per heavy atom. The van der Waals surface area contributed by atoms with Crippen LogP contribution in [0.2, 0.25) is 0 Å². The number of rotatable bonds is 24. The van der Waals surface area contributed by atoms with Crippen molar-refractivity contribution in [1.29, 1.82) is 0 Å². The van der Waals surface area contributed by atoms with Gasteiger partial charge in [0.15, 0.2) is 0 Å². The highest BCUT2D eigenvalue weighted by Gasteiger charge is 2.27. The summed E-state index contributed by atoms with van der Waals surface area (Å²) in [6.07, 6.45) is 27.6. The van der Waals surface area contributed by atoms with E-state index in [1.54, 1.807) is 0 Å². The first-order chi connectivity index (χ1) is 15.8. The summed E-state index contributed by atoms with van der Waals surface area (Å²) in [5.74, 6) is 5.45. The van der Waals surface area contributed by atoms with Crippen LogP contribution in [0.3, 0.4) is 0 Å². The molecule has 33 heavy (non-hydrogen) atoms. The molecule has 0 saturated heterocycles.